The van der Waals surface area contributed by atoms with Crippen LogP contribution in [0.4, 0.5) is 0 Å². The molecule has 0 aromatic heterocycles. The Balaban J connectivity index is 1.79. The molecule has 3 rings (SSSR count). The predicted molar refractivity (Wildman–Crippen MR) is 87.6 cm³/mol. The van der Waals surface area contributed by atoms with Gasteiger partial charge in [-0.2, -0.15) is 0 Å². The monoisotopic (exact) mass is 329 g/mol. The van der Waals surface area contributed by atoms with Crippen LogP contribution in [0.1, 0.15) is 43.0 Å². The van der Waals surface area contributed by atoms with Crippen molar-refractivity contribution in [2.45, 2.75) is 31.8 Å². The summed E-state index contributed by atoms with van der Waals surface area (Å²) in [5.41, 5.74) is 2.74. The van der Waals surface area contributed by atoms with E-state index in [2.05, 4.69) is 82.8 Å². The maximum Gasteiger partial charge on any atom is 0.0353 e. The first-order valence-electron chi connectivity index (χ1n) is 7.31. The minimum absolute atomic E-state index is 0.344. The number of benzene rings is 2. The molecule has 0 bridgehead atoms. The Morgan fingerprint density at radius 2 is 1.65 bits per heavy atom. The third-order valence-corrected chi connectivity index (χ3v) is 4.78. The second-order valence-corrected chi connectivity index (χ2v) is 6.49. The topological polar surface area (TPSA) is 12.0 Å². The highest BCUT2D eigenvalue weighted by atomic mass is 79.9. The number of hydrogen-bond acceptors (Lipinski definition) is 1. The summed E-state index contributed by atoms with van der Waals surface area (Å²) in [6.45, 7) is 2.25. The van der Waals surface area contributed by atoms with Crippen LogP contribution in [-0.4, -0.2) is 0 Å². The fourth-order valence-electron chi connectivity index (χ4n) is 2.78. The van der Waals surface area contributed by atoms with Crippen LogP contribution in [-0.2, 0) is 0 Å². The van der Waals surface area contributed by atoms with Crippen LogP contribution < -0.4 is 5.32 Å². The van der Waals surface area contributed by atoms with Crippen molar-refractivity contribution >= 4 is 15.9 Å². The molecule has 1 aliphatic carbocycles. The second kappa shape index (κ2) is 6.11. The molecule has 2 heteroatoms. The number of rotatable bonds is 5. The standard InChI is InChI=1S/C18H20BrN/c1-13(16-9-5-6-10-17(16)19)20-18(15-11-12-15)14-7-3-2-4-8-14/h2-10,13,15,18,20H,11-12H2,1H3/t13-,18?/m1/s1. The lowest BCUT2D eigenvalue weighted by Gasteiger charge is -2.24. The van der Waals surface area contributed by atoms with Crippen LogP contribution >= 0.6 is 15.9 Å². The van der Waals surface area contributed by atoms with Gasteiger partial charge in [-0.25, -0.2) is 0 Å². The minimum Gasteiger partial charge on any atom is -0.303 e. The van der Waals surface area contributed by atoms with Crippen LogP contribution in [0, 0.1) is 5.92 Å². The summed E-state index contributed by atoms with van der Waals surface area (Å²) in [6, 6.07) is 20.1. The van der Waals surface area contributed by atoms with Crippen LogP contribution in [0.25, 0.3) is 0 Å². The highest BCUT2D eigenvalue weighted by Crippen LogP contribution is 2.42. The van der Waals surface area contributed by atoms with Crippen molar-refractivity contribution in [3.8, 4) is 0 Å². The molecule has 2 aromatic carbocycles. The van der Waals surface area contributed by atoms with E-state index >= 15 is 0 Å². The van der Waals surface area contributed by atoms with Gasteiger partial charge in [-0.05, 0) is 42.9 Å². The normalized spacial score (nSPS) is 17.7. The Morgan fingerprint density at radius 3 is 2.30 bits per heavy atom. The van der Waals surface area contributed by atoms with Crippen molar-refractivity contribution in [2.24, 2.45) is 5.92 Å². The van der Waals surface area contributed by atoms with Crippen molar-refractivity contribution in [2.75, 3.05) is 0 Å². The van der Waals surface area contributed by atoms with E-state index < -0.39 is 0 Å². The van der Waals surface area contributed by atoms with Crippen molar-refractivity contribution in [1.82, 2.24) is 5.32 Å². The van der Waals surface area contributed by atoms with Gasteiger partial charge in [-0.1, -0.05) is 64.5 Å². The summed E-state index contributed by atoms with van der Waals surface area (Å²) < 4.78 is 1.18. The molecule has 104 valence electrons. The third-order valence-electron chi connectivity index (χ3n) is 4.05. The fourth-order valence-corrected chi connectivity index (χ4v) is 3.41. The number of hydrogen-bond donors (Lipinski definition) is 1. The first kappa shape index (κ1) is 13.8. The van der Waals surface area contributed by atoms with E-state index in [-0.39, 0.29) is 0 Å². The molecule has 0 radical (unpaired) electrons. The lowest BCUT2D eigenvalue weighted by molar-refractivity contribution is 0.427. The molecular formula is C18H20BrN. The SMILES string of the molecule is C[C@@H](NC(c1ccccc1)C1CC1)c1ccccc1Br. The van der Waals surface area contributed by atoms with Gasteiger partial charge in [-0.3, -0.25) is 0 Å². The van der Waals surface area contributed by atoms with Crippen molar-refractivity contribution in [3.05, 3.63) is 70.2 Å². The van der Waals surface area contributed by atoms with E-state index in [0.717, 1.165) is 5.92 Å². The Morgan fingerprint density at radius 1 is 1.00 bits per heavy atom. The molecule has 1 N–H and O–H groups in total. The van der Waals surface area contributed by atoms with Crippen molar-refractivity contribution in [3.63, 3.8) is 0 Å². The van der Waals surface area contributed by atoms with Crippen molar-refractivity contribution < 1.29 is 0 Å². The molecule has 0 saturated heterocycles. The van der Waals surface area contributed by atoms with E-state index in [9.17, 15) is 0 Å². The lowest BCUT2D eigenvalue weighted by Crippen LogP contribution is -2.26. The van der Waals surface area contributed by atoms with Gasteiger partial charge in [0.1, 0.15) is 0 Å². The van der Waals surface area contributed by atoms with E-state index in [4.69, 9.17) is 0 Å². The number of halogens is 1. The van der Waals surface area contributed by atoms with E-state index in [1.165, 1.54) is 28.4 Å². The van der Waals surface area contributed by atoms with E-state index in [1.54, 1.807) is 0 Å². The molecule has 20 heavy (non-hydrogen) atoms. The van der Waals surface area contributed by atoms with Gasteiger partial charge in [0.2, 0.25) is 0 Å². The van der Waals surface area contributed by atoms with E-state index in [1.807, 2.05) is 0 Å². The maximum atomic E-state index is 3.82. The van der Waals surface area contributed by atoms with Gasteiger partial charge in [0.25, 0.3) is 0 Å². The van der Waals surface area contributed by atoms with Crippen LogP contribution in [0.2, 0.25) is 0 Å². The highest BCUT2D eigenvalue weighted by Gasteiger charge is 2.33. The van der Waals surface area contributed by atoms with Gasteiger partial charge in [-0.15, -0.1) is 0 Å². The van der Waals surface area contributed by atoms with Crippen LogP contribution in [0.15, 0.2) is 59.1 Å². The molecule has 0 heterocycles. The molecule has 0 aliphatic heterocycles. The quantitative estimate of drug-likeness (QED) is 0.789. The largest absolute Gasteiger partial charge is 0.303 e. The third kappa shape index (κ3) is 3.13. The highest BCUT2D eigenvalue weighted by molar-refractivity contribution is 9.10. The molecule has 0 amide bonds. The average molecular weight is 330 g/mol. The van der Waals surface area contributed by atoms with Gasteiger partial charge in [0, 0.05) is 16.6 Å². The van der Waals surface area contributed by atoms with Crippen LogP contribution in [0.3, 0.4) is 0 Å². The van der Waals surface area contributed by atoms with Gasteiger partial charge >= 0.3 is 0 Å². The Kier molecular flexibility index (Phi) is 4.23. The smallest absolute Gasteiger partial charge is 0.0353 e. The molecule has 1 fully saturated rings. The molecule has 1 aliphatic rings. The molecule has 1 saturated carbocycles. The average Bonchev–Trinajstić information content (AvgIpc) is 3.30. The van der Waals surface area contributed by atoms with Crippen molar-refractivity contribution in [1.29, 1.82) is 0 Å². The Hall–Kier alpha value is -1.12. The molecule has 0 spiro atoms. The van der Waals surface area contributed by atoms with Crippen LogP contribution in [0.5, 0.6) is 0 Å². The molecule has 2 aromatic rings. The van der Waals surface area contributed by atoms with Gasteiger partial charge < -0.3 is 5.32 Å². The summed E-state index contributed by atoms with van der Waals surface area (Å²) in [7, 11) is 0. The summed E-state index contributed by atoms with van der Waals surface area (Å²) in [5.74, 6) is 0.794. The predicted octanol–water partition coefficient (Wildman–Crippen LogP) is 5.25. The number of nitrogens with one attached hydrogen (secondary N) is 1. The zero-order chi connectivity index (χ0) is 13.9. The lowest BCUT2D eigenvalue weighted by atomic mass is 9.99. The maximum absolute atomic E-state index is 3.82. The van der Waals surface area contributed by atoms with E-state index in [0.29, 0.717) is 12.1 Å². The van der Waals surface area contributed by atoms with Gasteiger partial charge in [0.05, 0.1) is 0 Å². The summed E-state index contributed by atoms with van der Waals surface area (Å²) >= 11 is 3.66. The molecular weight excluding hydrogens is 310 g/mol. The zero-order valence-corrected chi connectivity index (χ0v) is 13.3. The first-order chi connectivity index (χ1) is 9.75. The molecule has 2 atom stereocenters. The molecule has 1 nitrogen and oxygen atoms in total. The summed E-state index contributed by atoms with van der Waals surface area (Å²) in [6.07, 6.45) is 2.69. The summed E-state index contributed by atoms with van der Waals surface area (Å²) in [5, 5.41) is 3.82. The minimum atomic E-state index is 0.344. The Bertz CT molecular complexity index is 563. The van der Waals surface area contributed by atoms with Gasteiger partial charge in [0.15, 0.2) is 0 Å². The zero-order valence-electron chi connectivity index (χ0n) is 11.7. The fraction of sp³-hybridized carbons (Fsp3) is 0.333. The Labute approximate surface area is 129 Å². The molecule has 1 unspecified atom stereocenters. The second-order valence-electron chi connectivity index (χ2n) is 5.64. The first-order valence-corrected chi connectivity index (χ1v) is 8.10. The summed E-state index contributed by atoms with van der Waals surface area (Å²) in [4.78, 5) is 0.